The summed E-state index contributed by atoms with van der Waals surface area (Å²) in [4.78, 5) is 8.45. The van der Waals surface area contributed by atoms with E-state index in [0.717, 1.165) is 0 Å². The Kier molecular flexibility index (Phi) is 2.68. The third-order valence-electron chi connectivity index (χ3n) is 1.60. The lowest BCUT2D eigenvalue weighted by Gasteiger charge is -2.10. The Morgan fingerprint density at radius 3 is 3.00 bits per heavy atom. The molecular weight excluding hydrogens is 156 g/mol. The maximum Gasteiger partial charge on any atom is 0.162 e. The molecule has 5 heteroatoms. The van der Waals surface area contributed by atoms with Gasteiger partial charge in [0.15, 0.2) is 5.84 Å². The average Bonchev–Trinajstić information content (AvgIpc) is 2.55. The van der Waals surface area contributed by atoms with Gasteiger partial charge in [0.1, 0.15) is 7.11 Å². The fourth-order valence-electron chi connectivity index (χ4n) is 0.833. The molecule has 0 fully saturated rings. The molecule has 1 heterocycles. The molecule has 0 saturated heterocycles. The Balaban J connectivity index is 2.72. The smallest absolute Gasteiger partial charge is 0.162 e. The summed E-state index contributed by atoms with van der Waals surface area (Å²) in [6, 6.07) is -0.0209. The van der Waals surface area contributed by atoms with Crippen LogP contribution in [0.2, 0.25) is 0 Å². The molecule has 1 unspecified atom stereocenters. The lowest BCUT2D eigenvalue weighted by molar-refractivity contribution is 0.210. The van der Waals surface area contributed by atoms with E-state index >= 15 is 0 Å². The number of hydrogen-bond donors (Lipinski definition) is 1. The number of aromatic nitrogens is 2. The van der Waals surface area contributed by atoms with Gasteiger partial charge in [-0.25, -0.2) is 4.98 Å². The Morgan fingerprint density at radius 1 is 1.75 bits per heavy atom. The zero-order valence-electron chi connectivity index (χ0n) is 7.14. The molecule has 66 valence electrons. The Labute approximate surface area is 70.8 Å². The normalized spacial score (nSPS) is 14.3. The number of hydrogen-bond acceptors (Lipinski definition) is 3. The van der Waals surface area contributed by atoms with Crippen LogP contribution < -0.4 is 5.73 Å². The van der Waals surface area contributed by atoms with Crippen molar-refractivity contribution in [3.63, 3.8) is 0 Å². The van der Waals surface area contributed by atoms with Crippen LogP contribution in [0.5, 0.6) is 0 Å². The van der Waals surface area contributed by atoms with E-state index in [0.29, 0.717) is 5.84 Å². The first kappa shape index (κ1) is 8.58. The number of oxime groups is 1. The summed E-state index contributed by atoms with van der Waals surface area (Å²) < 4.78 is 1.85. The van der Waals surface area contributed by atoms with E-state index in [2.05, 4.69) is 15.0 Å². The van der Waals surface area contributed by atoms with Gasteiger partial charge in [0, 0.05) is 12.4 Å². The van der Waals surface area contributed by atoms with E-state index in [1.165, 1.54) is 7.11 Å². The van der Waals surface area contributed by atoms with Crippen molar-refractivity contribution in [2.45, 2.75) is 13.0 Å². The molecule has 0 bridgehead atoms. The number of imidazole rings is 1. The highest BCUT2D eigenvalue weighted by Crippen LogP contribution is 2.03. The highest BCUT2D eigenvalue weighted by molar-refractivity contribution is 5.83. The molecule has 0 aliphatic heterocycles. The molecule has 1 aromatic heterocycles. The minimum Gasteiger partial charge on any atom is -0.398 e. The molecule has 1 rings (SSSR count). The molecule has 12 heavy (non-hydrogen) atoms. The van der Waals surface area contributed by atoms with Gasteiger partial charge >= 0.3 is 0 Å². The van der Waals surface area contributed by atoms with Crippen LogP contribution in [0.25, 0.3) is 0 Å². The van der Waals surface area contributed by atoms with Crippen molar-refractivity contribution < 1.29 is 4.84 Å². The minimum absolute atomic E-state index is 0.0209. The molecule has 5 nitrogen and oxygen atoms in total. The van der Waals surface area contributed by atoms with Crippen LogP contribution in [0, 0.1) is 0 Å². The largest absolute Gasteiger partial charge is 0.398 e. The molecule has 0 saturated carbocycles. The van der Waals surface area contributed by atoms with E-state index in [-0.39, 0.29) is 6.04 Å². The van der Waals surface area contributed by atoms with Crippen molar-refractivity contribution in [1.82, 2.24) is 9.55 Å². The van der Waals surface area contributed by atoms with Gasteiger partial charge in [0.2, 0.25) is 0 Å². The number of nitrogens with two attached hydrogens (primary N) is 1. The number of nitrogens with zero attached hydrogens (tertiary/aromatic N) is 3. The van der Waals surface area contributed by atoms with Gasteiger partial charge in [0.25, 0.3) is 0 Å². The van der Waals surface area contributed by atoms with Crippen molar-refractivity contribution in [2.24, 2.45) is 10.9 Å². The van der Waals surface area contributed by atoms with E-state index in [4.69, 9.17) is 5.73 Å². The van der Waals surface area contributed by atoms with Gasteiger partial charge in [-0.15, -0.1) is 0 Å². The van der Waals surface area contributed by atoms with Crippen LogP contribution in [-0.4, -0.2) is 22.5 Å². The van der Waals surface area contributed by atoms with Crippen molar-refractivity contribution in [1.29, 1.82) is 0 Å². The standard InChI is InChI=1S/C7H12N4O/c1-6(7(8)10-12-2)11-4-3-9-5-11/h3-6H,1-2H3,(H2,8,10). The van der Waals surface area contributed by atoms with Gasteiger partial charge < -0.3 is 15.1 Å². The van der Waals surface area contributed by atoms with Crippen LogP contribution in [0.4, 0.5) is 0 Å². The number of rotatable bonds is 3. The van der Waals surface area contributed by atoms with E-state index in [9.17, 15) is 0 Å². The second kappa shape index (κ2) is 3.75. The topological polar surface area (TPSA) is 65.4 Å². The quantitative estimate of drug-likeness (QED) is 0.402. The predicted molar refractivity (Wildman–Crippen MR) is 45.6 cm³/mol. The fourth-order valence-corrected chi connectivity index (χ4v) is 0.833. The second-order valence-corrected chi connectivity index (χ2v) is 2.38. The summed E-state index contributed by atoms with van der Waals surface area (Å²) in [5.74, 6) is 0.426. The third kappa shape index (κ3) is 1.75. The Morgan fingerprint density at radius 2 is 2.50 bits per heavy atom. The zero-order valence-corrected chi connectivity index (χ0v) is 7.14. The van der Waals surface area contributed by atoms with Crippen LogP contribution in [0.1, 0.15) is 13.0 Å². The zero-order chi connectivity index (χ0) is 8.97. The molecule has 1 atom stereocenters. The van der Waals surface area contributed by atoms with Crippen molar-refractivity contribution in [3.05, 3.63) is 18.7 Å². The second-order valence-electron chi connectivity index (χ2n) is 2.38. The average molecular weight is 168 g/mol. The monoisotopic (exact) mass is 168 g/mol. The summed E-state index contributed by atoms with van der Waals surface area (Å²) >= 11 is 0. The molecule has 0 amide bonds. The predicted octanol–water partition coefficient (Wildman–Crippen LogP) is 0.363. The molecule has 0 aromatic carbocycles. The van der Waals surface area contributed by atoms with Crippen molar-refractivity contribution in [3.8, 4) is 0 Å². The summed E-state index contributed by atoms with van der Waals surface area (Å²) in [5.41, 5.74) is 5.60. The SMILES string of the molecule is CO/N=C(/N)C(C)n1ccnc1. The van der Waals surface area contributed by atoms with Gasteiger partial charge in [0.05, 0.1) is 12.4 Å². The highest BCUT2D eigenvalue weighted by atomic mass is 16.6. The van der Waals surface area contributed by atoms with Gasteiger partial charge in [-0.2, -0.15) is 0 Å². The molecule has 2 N–H and O–H groups in total. The molecular formula is C7H12N4O. The van der Waals surface area contributed by atoms with Gasteiger partial charge in [-0.1, -0.05) is 5.16 Å². The molecule has 0 spiro atoms. The van der Waals surface area contributed by atoms with Crippen molar-refractivity contribution in [2.75, 3.05) is 7.11 Å². The highest BCUT2D eigenvalue weighted by Gasteiger charge is 2.07. The lowest BCUT2D eigenvalue weighted by Crippen LogP contribution is -2.23. The fraction of sp³-hybridized carbons (Fsp3) is 0.429. The van der Waals surface area contributed by atoms with E-state index in [1.54, 1.807) is 12.5 Å². The molecule has 0 radical (unpaired) electrons. The van der Waals surface area contributed by atoms with E-state index < -0.39 is 0 Å². The maximum absolute atomic E-state index is 5.60. The van der Waals surface area contributed by atoms with Crippen LogP contribution in [-0.2, 0) is 4.84 Å². The Hall–Kier alpha value is -1.52. The van der Waals surface area contributed by atoms with Crippen LogP contribution in [0.3, 0.4) is 0 Å². The first-order chi connectivity index (χ1) is 5.75. The molecule has 0 aliphatic rings. The third-order valence-corrected chi connectivity index (χ3v) is 1.60. The summed E-state index contributed by atoms with van der Waals surface area (Å²) in [6.07, 6.45) is 5.20. The summed E-state index contributed by atoms with van der Waals surface area (Å²) in [5, 5.41) is 3.63. The Bertz CT molecular complexity index is 254. The number of amidine groups is 1. The van der Waals surface area contributed by atoms with Crippen LogP contribution in [0.15, 0.2) is 23.9 Å². The summed E-state index contributed by atoms with van der Waals surface area (Å²) in [7, 11) is 1.47. The van der Waals surface area contributed by atoms with Gasteiger partial charge in [-0.3, -0.25) is 0 Å². The lowest BCUT2D eigenvalue weighted by atomic mass is 10.3. The maximum atomic E-state index is 5.60. The molecule has 1 aromatic rings. The summed E-state index contributed by atoms with van der Waals surface area (Å²) in [6.45, 7) is 1.92. The molecule has 0 aliphatic carbocycles. The van der Waals surface area contributed by atoms with Crippen molar-refractivity contribution >= 4 is 5.84 Å². The van der Waals surface area contributed by atoms with Gasteiger partial charge in [-0.05, 0) is 6.92 Å². The first-order valence-corrected chi connectivity index (χ1v) is 3.59. The first-order valence-electron chi connectivity index (χ1n) is 3.59. The van der Waals surface area contributed by atoms with Crippen LogP contribution >= 0.6 is 0 Å². The van der Waals surface area contributed by atoms with E-state index in [1.807, 2.05) is 17.7 Å². The minimum atomic E-state index is -0.0209.